The molecule has 7 heteroatoms. The fourth-order valence-electron chi connectivity index (χ4n) is 5.07. The maximum Gasteiger partial charge on any atom is 0.321 e. The average Bonchev–Trinajstić information content (AvgIpc) is 2.74. The van der Waals surface area contributed by atoms with Crippen molar-refractivity contribution in [2.75, 3.05) is 18.4 Å². The summed E-state index contributed by atoms with van der Waals surface area (Å²) in [6.45, 7) is 1.24. The van der Waals surface area contributed by atoms with E-state index in [-0.39, 0.29) is 23.0 Å². The van der Waals surface area contributed by atoms with Gasteiger partial charge in [0.05, 0.1) is 5.52 Å². The third kappa shape index (κ3) is 3.73. The van der Waals surface area contributed by atoms with Gasteiger partial charge in [0.15, 0.2) is 11.6 Å². The van der Waals surface area contributed by atoms with Gasteiger partial charge in [0.2, 0.25) is 0 Å². The van der Waals surface area contributed by atoms with Crippen molar-refractivity contribution in [1.82, 2.24) is 9.88 Å². The van der Waals surface area contributed by atoms with Gasteiger partial charge < -0.3 is 10.2 Å². The first-order valence-corrected chi connectivity index (χ1v) is 10.5. The molecule has 5 rings (SSSR count). The third-order valence-electron chi connectivity index (χ3n) is 6.82. The van der Waals surface area contributed by atoms with E-state index in [0.29, 0.717) is 19.0 Å². The molecular weight excluding hydrogens is 403 g/mol. The maximum atomic E-state index is 13.8. The number of hydrogen-bond donors (Lipinski definition) is 1. The van der Waals surface area contributed by atoms with Crippen molar-refractivity contribution in [1.29, 1.82) is 0 Å². The Morgan fingerprint density at radius 2 is 1.77 bits per heavy atom. The van der Waals surface area contributed by atoms with Crippen LogP contribution < -0.4 is 5.32 Å². The van der Waals surface area contributed by atoms with E-state index in [1.807, 2.05) is 6.07 Å². The molecule has 1 saturated heterocycles. The number of aromatic nitrogens is 1. The molecule has 0 unspecified atom stereocenters. The van der Waals surface area contributed by atoms with Crippen LogP contribution in [0.1, 0.15) is 37.2 Å². The lowest BCUT2D eigenvalue weighted by molar-refractivity contribution is 0.0295. The molecule has 1 N–H and O–H groups in total. The Bertz CT molecular complexity index is 1150. The Labute approximate surface area is 178 Å². The first kappa shape index (κ1) is 19.8. The SMILES string of the molecule is O=C(Nc1ccc(F)c(F)c1)N1CCC2(CC1)CC(c1ccnc3ccc(F)cc13)C2. The number of nitrogens with zero attached hydrogens (tertiary/aromatic N) is 2. The van der Waals surface area contributed by atoms with Crippen LogP contribution >= 0.6 is 0 Å². The van der Waals surface area contributed by atoms with Crippen LogP contribution in [0.15, 0.2) is 48.7 Å². The number of carbonyl (C=O) groups is 1. The summed E-state index contributed by atoms with van der Waals surface area (Å²) >= 11 is 0. The Hall–Kier alpha value is -3.09. The lowest BCUT2D eigenvalue weighted by atomic mass is 9.56. The van der Waals surface area contributed by atoms with Crippen LogP contribution in [-0.4, -0.2) is 29.0 Å². The highest BCUT2D eigenvalue weighted by atomic mass is 19.2. The summed E-state index contributed by atoms with van der Waals surface area (Å²) in [5.41, 5.74) is 2.40. The molecule has 2 heterocycles. The van der Waals surface area contributed by atoms with Crippen molar-refractivity contribution in [3.63, 3.8) is 0 Å². The molecule has 2 aromatic carbocycles. The zero-order chi connectivity index (χ0) is 21.6. The molecule has 31 heavy (non-hydrogen) atoms. The lowest BCUT2D eigenvalue weighted by Crippen LogP contribution is -2.49. The number of fused-ring (bicyclic) bond motifs is 1. The molecule has 3 aromatic rings. The number of pyridine rings is 1. The van der Waals surface area contributed by atoms with Crippen LogP contribution in [0.25, 0.3) is 10.9 Å². The largest absolute Gasteiger partial charge is 0.324 e. The van der Waals surface area contributed by atoms with Gasteiger partial charge in [-0.15, -0.1) is 0 Å². The smallest absolute Gasteiger partial charge is 0.321 e. The van der Waals surface area contributed by atoms with Crippen LogP contribution in [0.2, 0.25) is 0 Å². The summed E-state index contributed by atoms with van der Waals surface area (Å²) in [5, 5.41) is 3.52. The van der Waals surface area contributed by atoms with E-state index >= 15 is 0 Å². The predicted octanol–water partition coefficient (Wildman–Crippen LogP) is 5.84. The van der Waals surface area contributed by atoms with Gasteiger partial charge in [0.1, 0.15) is 5.82 Å². The van der Waals surface area contributed by atoms with Crippen LogP contribution in [-0.2, 0) is 0 Å². The van der Waals surface area contributed by atoms with E-state index in [9.17, 15) is 18.0 Å². The number of piperidine rings is 1. The van der Waals surface area contributed by atoms with Gasteiger partial charge in [-0.3, -0.25) is 4.98 Å². The Morgan fingerprint density at radius 1 is 1.00 bits per heavy atom. The standard InChI is InChI=1S/C24H22F3N3O/c25-16-1-4-22-19(11-16)18(5-8-28-22)15-13-24(14-15)6-9-30(10-7-24)23(31)29-17-2-3-20(26)21(27)12-17/h1-5,8,11-12,15H,6-7,9-10,13-14H2,(H,29,31). The maximum absolute atomic E-state index is 13.8. The van der Waals surface area contributed by atoms with Crippen molar-refractivity contribution in [3.05, 3.63) is 71.7 Å². The molecule has 4 nitrogen and oxygen atoms in total. The second kappa shape index (κ2) is 7.55. The molecule has 2 aliphatic rings. The molecule has 1 saturated carbocycles. The van der Waals surface area contributed by atoms with Crippen molar-refractivity contribution in [3.8, 4) is 0 Å². The number of rotatable bonds is 2. The first-order valence-electron chi connectivity index (χ1n) is 10.5. The molecule has 2 fully saturated rings. The quantitative estimate of drug-likeness (QED) is 0.560. The molecule has 0 bridgehead atoms. The van der Waals surface area contributed by atoms with Gasteiger partial charge in [0, 0.05) is 36.4 Å². The zero-order valence-electron chi connectivity index (χ0n) is 16.9. The molecular formula is C24H22F3N3O. The molecule has 2 amide bonds. The number of hydrogen-bond acceptors (Lipinski definition) is 2. The van der Waals surface area contributed by atoms with Crippen molar-refractivity contribution in [2.45, 2.75) is 31.6 Å². The van der Waals surface area contributed by atoms with E-state index in [0.717, 1.165) is 54.3 Å². The average molecular weight is 425 g/mol. The molecule has 1 aliphatic heterocycles. The van der Waals surface area contributed by atoms with Crippen molar-refractivity contribution < 1.29 is 18.0 Å². The number of likely N-dealkylation sites (tertiary alicyclic amines) is 1. The molecule has 1 spiro atoms. The molecule has 1 aromatic heterocycles. The summed E-state index contributed by atoms with van der Waals surface area (Å²) in [7, 11) is 0. The van der Waals surface area contributed by atoms with Crippen LogP contribution in [0.4, 0.5) is 23.7 Å². The van der Waals surface area contributed by atoms with Crippen molar-refractivity contribution >= 4 is 22.6 Å². The molecule has 1 aliphatic carbocycles. The monoisotopic (exact) mass is 425 g/mol. The second-order valence-corrected chi connectivity index (χ2v) is 8.71. The van der Waals surface area contributed by atoms with Crippen LogP contribution in [0.5, 0.6) is 0 Å². The normalized spacial score (nSPS) is 18.2. The number of amides is 2. The van der Waals surface area contributed by atoms with E-state index in [1.54, 1.807) is 23.2 Å². The number of anilines is 1. The van der Waals surface area contributed by atoms with Gasteiger partial charge in [-0.1, -0.05) is 0 Å². The lowest BCUT2D eigenvalue weighted by Gasteiger charge is -2.52. The minimum absolute atomic E-state index is 0.201. The summed E-state index contributed by atoms with van der Waals surface area (Å²) in [4.78, 5) is 18.6. The molecule has 0 atom stereocenters. The number of halogens is 3. The highest BCUT2D eigenvalue weighted by molar-refractivity contribution is 5.89. The summed E-state index contributed by atoms with van der Waals surface area (Å²) in [5.74, 6) is -1.81. The highest BCUT2D eigenvalue weighted by Gasteiger charge is 2.47. The van der Waals surface area contributed by atoms with E-state index < -0.39 is 11.6 Å². The fourth-order valence-corrected chi connectivity index (χ4v) is 5.07. The van der Waals surface area contributed by atoms with Gasteiger partial charge in [0.25, 0.3) is 0 Å². The Morgan fingerprint density at radius 3 is 2.52 bits per heavy atom. The summed E-state index contributed by atoms with van der Waals surface area (Å²) in [6.07, 6.45) is 5.60. The third-order valence-corrected chi connectivity index (χ3v) is 6.82. The Balaban J connectivity index is 1.21. The van der Waals surface area contributed by atoms with Gasteiger partial charge in [-0.05, 0) is 79.0 Å². The van der Waals surface area contributed by atoms with Gasteiger partial charge in [-0.25, -0.2) is 18.0 Å². The van der Waals surface area contributed by atoms with Crippen LogP contribution in [0, 0.1) is 22.9 Å². The number of benzene rings is 2. The minimum Gasteiger partial charge on any atom is -0.324 e. The fraction of sp³-hybridized carbons (Fsp3) is 0.333. The van der Waals surface area contributed by atoms with Crippen molar-refractivity contribution in [2.24, 2.45) is 5.41 Å². The minimum atomic E-state index is -0.987. The number of carbonyl (C=O) groups excluding carboxylic acids is 1. The van der Waals surface area contributed by atoms with E-state index in [2.05, 4.69) is 10.3 Å². The first-order chi connectivity index (χ1) is 14.9. The van der Waals surface area contributed by atoms with Gasteiger partial charge in [-0.2, -0.15) is 0 Å². The topological polar surface area (TPSA) is 45.2 Å². The summed E-state index contributed by atoms with van der Waals surface area (Å²) < 4.78 is 40.2. The van der Waals surface area contributed by atoms with Crippen LogP contribution in [0.3, 0.4) is 0 Å². The highest BCUT2D eigenvalue weighted by Crippen LogP contribution is 2.57. The number of nitrogens with one attached hydrogen (secondary N) is 1. The van der Waals surface area contributed by atoms with E-state index in [4.69, 9.17) is 0 Å². The van der Waals surface area contributed by atoms with Gasteiger partial charge >= 0.3 is 6.03 Å². The summed E-state index contributed by atoms with van der Waals surface area (Å²) in [6, 6.07) is 9.73. The molecule has 160 valence electrons. The number of urea groups is 1. The molecule has 0 radical (unpaired) electrons. The predicted molar refractivity (Wildman–Crippen MR) is 112 cm³/mol. The zero-order valence-corrected chi connectivity index (χ0v) is 16.9. The van der Waals surface area contributed by atoms with E-state index in [1.165, 1.54) is 12.1 Å². The second-order valence-electron chi connectivity index (χ2n) is 8.71. The Kier molecular flexibility index (Phi) is 4.84.